The third kappa shape index (κ3) is 8.22. The van der Waals surface area contributed by atoms with Crippen molar-refractivity contribution in [2.75, 3.05) is 4.90 Å². The molecule has 1 aliphatic rings. The Kier molecular flexibility index (Phi) is 11.6. The second-order valence-corrected chi connectivity index (χ2v) is 21.2. The van der Waals surface area contributed by atoms with Crippen molar-refractivity contribution in [3.8, 4) is 83.6 Å². The van der Waals surface area contributed by atoms with E-state index < -0.39 is 0 Å². The van der Waals surface area contributed by atoms with Crippen LogP contribution in [0.1, 0.15) is 30.5 Å². The number of benzene rings is 12. The molecule has 0 bridgehead atoms. The summed E-state index contributed by atoms with van der Waals surface area (Å²) in [5.74, 6) is 0. The van der Waals surface area contributed by atoms with Gasteiger partial charge in [0.1, 0.15) is 0 Å². The van der Waals surface area contributed by atoms with E-state index in [2.05, 4.69) is 315 Å². The first-order valence-electron chi connectivity index (χ1n) is 27.2. The SMILES string of the molecule is CC1(C)c2ccccc2-c2cccc(-n3c4ccccc4c4c(-c5cccc(-c6ccccc6CN(c6ccc(-c7ccc(-c8ccccc8)cc7)cc6)c6ccc(-c7ccc(-c8ccccc8)cc7)cc6)c5)cccc43)c21. The number of hydrogen-bond acceptors (Lipinski definition) is 1. The van der Waals surface area contributed by atoms with Crippen molar-refractivity contribution >= 4 is 33.2 Å². The summed E-state index contributed by atoms with van der Waals surface area (Å²) in [6, 6.07) is 107. The van der Waals surface area contributed by atoms with Crippen LogP contribution in [-0.2, 0) is 12.0 Å². The summed E-state index contributed by atoms with van der Waals surface area (Å²) in [6.07, 6.45) is 0. The average Bonchev–Trinajstić information content (AvgIpc) is 4.20. The summed E-state index contributed by atoms with van der Waals surface area (Å²) in [6.45, 7) is 5.44. The molecule has 0 saturated heterocycles. The molecule has 0 N–H and O–H groups in total. The maximum absolute atomic E-state index is 2.52. The minimum Gasteiger partial charge on any atom is -0.337 e. The standard InChI is InChI=1S/C76H56N2/c1-76(2)70-30-13-11-26-67(70)68-29-17-33-73(75(68)76)78-71-31-14-12-27-69(71)74-66(28-16-32-72(74)78)61-24-15-23-60(50-61)65-25-10-9-22-62(65)51-77(63-46-42-58(43-47-63)56-38-34-54(35-39-56)52-18-5-3-6-19-52)64-48-44-59(45-49-64)57-40-36-55(37-41-57)53-20-7-4-8-21-53/h3-50H,51H2,1-2H3. The molecule has 13 aromatic rings. The Morgan fingerprint density at radius 3 is 1.33 bits per heavy atom. The number of rotatable bonds is 11. The van der Waals surface area contributed by atoms with Gasteiger partial charge in [-0.25, -0.2) is 0 Å². The van der Waals surface area contributed by atoms with Crippen LogP contribution < -0.4 is 4.90 Å². The molecule has 0 saturated carbocycles. The predicted molar refractivity (Wildman–Crippen MR) is 330 cm³/mol. The smallest absolute Gasteiger partial charge is 0.0547 e. The van der Waals surface area contributed by atoms with Gasteiger partial charge in [0.2, 0.25) is 0 Å². The van der Waals surface area contributed by atoms with E-state index in [1.807, 2.05) is 0 Å². The molecule has 1 aliphatic carbocycles. The van der Waals surface area contributed by atoms with Crippen molar-refractivity contribution in [1.82, 2.24) is 4.57 Å². The third-order valence-electron chi connectivity index (χ3n) is 16.3. The van der Waals surface area contributed by atoms with Gasteiger partial charge in [-0.15, -0.1) is 0 Å². The van der Waals surface area contributed by atoms with Gasteiger partial charge in [-0.1, -0.05) is 257 Å². The van der Waals surface area contributed by atoms with Gasteiger partial charge in [-0.2, -0.15) is 0 Å². The van der Waals surface area contributed by atoms with Crippen LogP contribution in [0.5, 0.6) is 0 Å². The van der Waals surface area contributed by atoms with E-state index in [-0.39, 0.29) is 5.41 Å². The number of nitrogens with zero attached hydrogens (tertiary/aromatic N) is 2. The highest BCUT2D eigenvalue weighted by Crippen LogP contribution is 2.52. The summed E-state index contributed by atoms with van der Waals surface area (Å²) >= 11 is 0. The van der Waals surface area contributed by atoms with E-state index >= 15 is 0 Å². The molecule has 1 aromatic heterocycles. The van der Waals surface area contributed by atoms with Crippen LogP contribution in [0.4, 0.5) is 11.4 Å². The molecule has 14 rings (SSSR count). The quantitative estimate of drug-likeness (QED) is 0.125. The molecule has 0 fully saturated rings. The summed E-state index contributed by atoms with van der Waals surface area (Å²) in [5, 5.41) is 2.52. The lowest BCUT2D eigenvalue weighted by Gasteiger charge is -2.27. The molecule has 0 aliphatic heterocycles. The number of hydrogen-bond donors (Lipinski definition) is 0. The summed E-state index contributed by atoms with van der Waals surface area (Å²) in [5.41, 5.74) is 26.9. The first kappa shape index (κ1) is 46.7. The van der Waals surface area contributed by atoms with E-state index in [0.29, 0.717) is 6.54 Å². The lowest BCUT2D eigenvalue weighted by Crippen LogP contribution is -2.17. The average molecular weight is 997 g/mol. The molecule has 0 spiro atoms. The third-order valence-corrected chi connectivity index (χ3v) is 16.3. The van der Waals surface area contributed by atoms with Crippen molar-refractivity contribution in [2.45, 2.75) is 25.8 Å². The minimum atomic E-state index is -0.159. The van der Waals surface area contributed by atoms with Crippen molar-refractivity contribution in [3.63, 3.8) is 0 Å². The van der Waals surface area contributed by atoms with Gasteiger partial charge >= 0.3 is 0 Å². The minimum absolute atomic E-state index is 0.159. The van der Waals surface area contributed by atoms with Crippen LogP contribution in [0.25, 0.3) is 105 Å². The lowest BCUT2D eigenvalue weighted by atomic mass is 9.81. The van der Waals surface area contributed by atoms with E-state index in [1.54, 1.807) is 0 Å². The summed E-state index contributed by atoms with van der Waals surface area (Å²) in [7, 11) is 0. The van der Waals surface area contributed by atoms with Gasteiger partial charge < -0.3 is 9.47 Å². The van der Waals surface area contributed by atoms with E-state index in [1.165, 1.54) is 122 Å². The Hall–Kier alpha value is -9.76. The Bertz CT molecular complexity index is 4190. The molecule has 12 aromatic carbocycles. The normalized spacial score (nSPS) is 12.4. The Balaban J connectivity index is 0.831. The topological polar surface area (TPSA) is 8.17 Å². The van der Waals surface area contributed by atoms with Crippen LogP contribution >= 0.6 is 0 Å². The van der Waals surface area contributed by atoms with Gasteiger partial charge in [0.05, 0.1) is 16.7 Å². The molecule has 370 valence electrons. The first-order chi connectivity index (χ1) is 38.4. The number of fused-ring (bicyclic) bond motifs is 6. The van der Waals surface area contributed by atoms with Crippen LogP contribution in [-0.4, -0.2) is 4.57 Å². The van der Waals surface area contributed by atoms with Gasteiger partial charge in [-0.3, -0.25) is 0 Å². The van der Waals surface area contributed by atoms with Gasteiger partial charge in [0.15, 0.2) is 0 Å². The molecule has 0 unspecified atom stereocenters. The van der Waals surface area contributed by atoms with Crippen LogP contribution in [0.15, 0.2) is 291 Å². The molecule has 0 radical (unpaired) electrons. The molecule has 1 heterocycles. The highest BCUT2D eigenvalue weighted by molar-refractivity contribution is 6.16. The molecule has 78 heavy (non-hydrogen) atoms. The van der Waals surface area contributed by atoms with Crippen LogP contribution in [0.2, 0.25) is 0 Å². The van der Waals surface area contributed by atoms with Gasteiger partial charge in [0, 0.05) is 34.1 Å². The fourth-order valence-electron chi connectivity index (χ4n) is 12.5. The molecule has 0 atom stereocenters. The molecular weight excluding hydrogens is 941 g/mol. The fourth-order valence-corrected chi connectivity index (χ4v) is 12.5. The van der Waals surface area contributed by atoms with Gasteiger partial charge in [-0.05, 0) is 143 Å². The molecule has 0 amide bonds. The van der Waals surface area contributed by atoms with Crippen molar-refractivity contribution in [2.24, 2.45) is 0 Å². The monoisotopic (exact) mass is 996 g/mol. The first-order valence-corrected chi connectivity index (χ1v) is 27.2. The molecule has 2 nitrogen and oxygen atoms in total. The fraction of sp³-hybridized carbons (Fsp3) is 0.0526. The van der Waals surface area contributed by atoms with Crippen molar-refractivity contribution in [1.29, 1.82) is 0 Å². The Morgan fingerprint density at radius 2 is 0.731 bits per heavy atom. The largest absolute Gasteiger partial charge is 0.337 e. The van der Waals surface area contributed by atoms with Gasteiger partial charge in [0.25, 0.3) is 0 Å². The number of aromatic nitrogens is 1. The molecular formula is C76H56N2. The summed E-state index contributed by atoms with van der Waals surface area (Å²) < 4.78 is 2.52. The van der Waals surface area contributed by atoms with Crippen LogP contribution in [0, 0.1) is 0 Å². The van der Waals surface area contributed by atoms with E-state index in [0.717, 1.165) is 11.4 Å². The number of para-hydroxylation sites is 1. The van der Waals surface area contributed by atoms with Crippen LogP contribution in [0.3, 0.4) is 0 Å². The second-order valence-electron chi connectivity index (χ2n) is 21.2. The van der Waals surface area contributed by atoms with E-state index in [9.17, 15) is 0 Å². The summed E-state index contributed by atoms with van der Waals surface area (Å²) in [4.78, 5) is 2.46. The predicted octanol–water partition coefficient (Wildman–Crippen LogP) is 20.4. The highest BCUT2D eigenvalue weighted by atomic mass is 15.1. The Morgan fingerprint density at radius 1 is 0.321 bits per heavy atom. The Labute approximate surface area is 457 Å². The lowest BCUT2D eigenvalue weighted by molar-refractivity contribution is 0.656. The zero-order valence-corrected chi connectivity index (χ0v) is 43.8. The highest BCUT2D eigenvalue weighted by Gasteiger charge is 2.38. The second kappa shape index (κ2) is 19.4. The maximum atomic E-state index is 2.52. The molecule has 2 heteroatoms. The zero-order chi connectivity index (χ0) is 52.2. The number of anilines is 2. The van der Waals surface area contributed by atoms with Crippen molar-refractivity contribution in [3.05, 3.63) is 308 Å². The zero-order valence-electron chi connectivity index (χ0n) is 43.8. The maximum Gasteiger partial charge on any atom is 0.0547 e. The van der Waals surface area contributed by atoms with E-state index in [4.69, 9.17) is 0 Å². The van der Waals surface area contributed by atoms with Crippen molar-refractivity contribution < 1.29 is 0 Å².